The van der Waals surface area contributed by atoms with E-state index in [0.717, 1.165) is 12.1 Å². The van der Waals surface area contributed by atoms with Gasteiger partial charge in [0, 0.05) is 36.7 Å². The van der Waals surface area contributed by atoms with E-state index in [4.69, 9.17) is 34.0 Å². The summed E-state index contributed by atoms with van der Waals surface area (Å²) in [4.78, 5) is 27.6. The number of nitrogens with zero attached hydrogens (tertiary/aromatic N) is 5. The summed E-state index contributed by atoms with van der Waals surface area (Å²) in [7, 11) is 16.5. The van der Waals surface area contributed by atoms with Crippen molar-refractivity contribution in [1.29, 1.82) is 5.26 Å². The third kappa shape index (κ3) is 6.41. The molecule has 15 heteroatoms. The maximum Gasteiger partial charge on any atom is 0.274 e. The minimum absolute atomic E-state index is 0.184. The van der Waals surface area contributed by atoms with Crippen molar-refractivity contribution in [2.75, 3.05) is 23.4 Å². The lowest BCUT2D eigenvalue weighted by Crippen LogP contribution is -2.37. The molecule has 44 heavy (non-hydrogen) atoms. The molecule has 0 bridgehead atoms. The summed E-state index contributed by atoms with van der Waals surface area (Å²) in [6.45, 7) is 0.204. The first-order chi connectivity index (χ1) is 21.0. The van der Waals surface area contributed by atoms with E-state index in [9.17, 15) is 23.9 Å². The highest BCUT2D eigenvalue weighted by Crippen LogP contribution is 2.37. The zero-order chi connectivity index (χ0) is 31.6. The third-order valence-corrected chi connectivity index (χ3v) is 6.92. The molecule has 2 aromatic heterocycles. The molecule has 0 unspecified atom stereocenters. The van der Waals surface area contributed by atoms with Crippen molar-refractivity contribution >= 4 is 40.8 Å². The molecule has 4 N–H and O–H groups in total. The Labute approximate surface area is 255 Å². The predicted octanol–water partition coefficient (Wildman–Crippen LogP) is 2.00. The molecule has 0 saturated carbocycles. The number of carbonyl (C=O) groups excluding carboxylic acids is 1. The summed E-state index contributed by atoms with van der Waals surface area (Å²) in [5.41, 5.74) is 7.96. The van der Waals surface area contributed by atoms with E-state index in [1.165, 1.54) is 18.5 Å². The van der Waals surface area contributed by atoms with E-state index in [1.54, 1.807) is 30.5 Å². The summed E-state index contributed by atoms with van der Waals surface area (Å²) in [6.07, 6.45) is 4.77. The molecular formula is C29H22B3F2N7O3. The number of amides is 1. The summed E-state index contributed by atoms with van der Waals surface area (Å²) >= 11 is 0. The van der Waals surface area contributed by atoms with Crippen LogP contribution in [0, 0.1) is 23.0 Å². The fourth-order valence-electron chi connectivity index (χ4n) is 4.99. The molecule has 5 rings (SSSR count). The highest BCUT2D eigenvalue weighted by molar-refractivity contribution is 6.58. The SMILES string of the molecule is [B]C([B])([B])Oc1ccc(F)c(F)c1-c1nccc(C(=O)Nc2ccc(-c3cnccc3C#N)cc2N2C[C@@H](N)C[C@H]2CO)n1. The average molecular weight is 587 g/mol. The first kappa shape index (κ1) is 30.7. The van der Waals surface area contributed by atoms with Gasteiger partial charge in [0.05, 0.1) is 41.2 Å². The van der Waals surface area contributed by atoms with E-state index in [2.05, 4.69) is 26.3 Å². The van der Waals surface area contributed by atoms with Gasteiger partial charge < -0.3 is 25.8 Å². The number of nitrogens with two attached hydrogens (primary N) is 1. The van der Waals surface area contributed by atoms with Crippen molar-refractivity contribution in [2.24, 2.45) is 5.73 Å². The van der Waals surface area contributed by atoms with Crippen LogP contribution in [0.2, 0.25) is 0 Å². The average Bonchev–Trinajstić information content (AvgIpc) is 3.39. The number of hydrogen-bond acceptors (Lipinski definition) is 9. The number of rotatable bonds is 8. The van der Waals surface area contributed by atoms with Gasteiger partial charge in [-0.2, -0.15) is 5.26 Å². The van der Waals surface area contributed by atoms with Gasteiger partial charge in [0.25, 0.3) is 5.91 Å². The molecule has 2 atom stereocenters. The van der Waals surface area contributed by atoms with Gasteiger partial charge in [-0.1, -0.05) is 6.07 Å². The van der Waals surface area contributed by atoms with Crippen molar-refractivity contribution in [3.05, 3.63) is 83.9 Å². The number of carbonyl (C=O) groups is 1. The topological polar surface area (TPSA) is 150 Å². The van der Waals surface area contributed by atoms with Crippen LogP contribution in [-0.4, -0.2) is 80.0 Å². The van der Waals surface area contributed by atoms with Gasteiger partial charge >= 0.3 is 0 Å². The Balaban J connectivity index is 1.54. The van der Waals surface area contributed by atoms with Gasteiger partial charge in [-0.05, 0) is 53.7 Å². The van der Waals surface area contributed by atoms with Gasteiger partial charge in [-0.15, -0.1) is 0 Å². The number of anilines is 2. The van der Waals surface area contributed by atoms with Crippen molar-refractivity contribution in [1.82, 2.24) is 15.0 Å². The van der Waals surface area contributed by atoms with Gasteiger partial charge in [0.15, 0.2) is 17.5 Å². The smallest absolute Gasteiger partial charge is 0.274 e. The summed E-state index contributed by atoms with van der Waals surface area (Å²) < 4.78 is 34.3. The zero-order valence-corrected chi connectivity index (χ0v) is 23.1. The Morgan fingerprint density at radius 3 is 2.73 bits per heavy atom. The second kappa shape index (κ2) is 12.4. The highest BCUT2D eigenvalue weighted by atomic mass is 19.2. The van der Waals surface area contributed by atoms with Crippen LogP contribution in [0.4, 0.5) is 20.2 Å². The molecule has 0 aliphatic carbocycles. The van der Waals surface area contributed by atoms with Crippen molar-refractivity contribution in [3.8, 4) is 34.3 Å². The Hall–Kier alpha value is -4.80. The Morgan fingerprint density at radius 1 is 1.20 bits per heavy atom. The third-order valence-electron chi connectivity index (χ3n) is 6.92. The Bertz CT molecular complexity index is 1770. The van der Waals surface area contributed by atoms with E-state index < -0.39 is 34.2 Å². The number of halogens is 2. The maximum absolute atomic E-state index is 14.9. The minimum atomic E-state index is -2.23. The maximum atomic E-state index is 14.9. The number of nitrogens with one attached hydrogen (secondary N) is 1. The van der Waals surface area contributed by atoms with Crippen molar-refractivity contribution in [3.63, 3.8) is 0 Å². The van der Waals surface area contributed by atoms with Gasteiger partial charge in [0.1, 0.15) is 35.0 Å². The van der Waals surface area contributed by atoms with Crippen LogP contribution in [0.15, 0.2) is 61.1 Å². The largest absolute Gasteiger partial charge is 0.515 e. The fraction of sp³-hybridized carbons (Fsp3) is 0.207. The van der Waals surface area contributed by atoms with Crippen LogP contribution in [0.25, 0.3) is 22.5 Å². The number of hydrogen-bond donors (Lipinski definition) is 3. The molecule has 4 aromatic rings. The summed E-state index contributed by atoms with van der Waals surface area (Å²) in [5.74, 6) is -4.05. The standard InChI is InChI=1S/C29H22B3F2N7O3/c30-29(31,32)44-24-4-2-20(33)26(34)25(24)27-38-8-6-22(39-27)28(43)40-21-3-1-15(19-12-37-7-5-16(19)11-35)9-23(21)41-13-17(36)10-18(41)14-42/h1-9,12,17-18,42H,10,13-14,36H2,(H,40,43)/t17-,18-/m0/s1. The minimum Gasteiger partial charge on any atom is -0.515 e. The number of aliphatic hydroxyl groups is 1. The highest BCUT2D eigenvalue weighted by Gasteiger charge is 2.32. The molecule has 214 valence electrons. The van der Waals surface area contributed by atoms with Crippen molar-refractivity contribution in [2.45, 2.75) is 23.8 Å². The summed E-state index contributed by atoms with van der Waals surface area (Å²) in [5, 5.41) is 20.2. The summed E-state index contributed by atoms with van der Waals surface area (Å²) in [6, 6.07) is 11.4. The van der Waals surface area contributed by atoms with Gasteiger partial charge in [0.2, 0.25) is 0 Å². The van der Waals surface area contributed by atoms with Crippen LogP contribution in [0.1, 0.15) is 22.5 Å². The quantitative estimate of drug-likeness (QED) is 0.263. The van der Waals surface area contributed by atoms with Crippen LogP contribution in [-0.2, 0) is 0 Å². The number of benzene rings is 2. The van der Waals surface area contributed by atoms with E-state index in [-0.39, 0.29) is 30.1 Å². The molecule has 1 amide bonds. The Kier molecular flexibility index (Phi) is 8.67. The molecule has 1 fully saturated rings. The van der Waals surface area contributed by atoms with Crippen LogP contribution in [0.5, 0.6) is 5.75 Å². The van der Waals surface area contributed by atoms with E-state index in [1.807, 2.05) is 4.90 Å². The van der Waals surface area contributed by atoms with Crippen molar-refractivity contribution < 1.29 is 23.4 Å². The molecule has 1 aliphatic heterocycles. The van der Waals surface area contributed by atoms with Gasteiger partial charge in [-0.25, -0.2) is 18.7 Å². The number of aromatic nitrogens is 3. The Morgan fingerprint density at radius 2 is 2.00 bits per heavy atom. The van der Waals surface area contributed by atoms with E-state index in [0.29, 0.717) is 41.0 Å². The number of pyridine rings is 1. The van der Waals surface area contributed by atoms with Crippen LogP contribution >= 0.6 is 0 Å². The lowest BCUT2D eigenvalue weighted by Gasteiger charge is -2.28. The zero-order valence-electron chi connectivity index (χ0n) is 23.1. The molecule has 3 heterocycles. The van der Waals surface area contributed by atoms with Crippen LogP contribution < -0.4 is 20.7 Å². The molecule has 1 saturated heterocycles. The monoisotopic (exact) mass is 587 g/mol. The van der Waals surface area contributed by atoms with Gasteiger partial charge in [-0.3, -0.25) is 9.78 Å². The lowest BCUT2D eigenvalue weighted by molar-refractivity contribution is 0.102. The van der Waals surface area contributed by atoms with E-state index >= 15 is 0 Å². The fourth-order valence-corrected chi connectivity index (χ4v) is 4.99. The first-order valence-electron chi connectivity index (χ1n) is 13.3. The second-order valence-corrected chi connectivity index (χ2v) is 10.2. The first-order valence-corrected chi connectivity index (χ1v) is 13.3. The molecular weight excluding hydrogens is 565 g/mol. The molecule has 1 aliphatic rings. The van der Waals surface area contributed by atoms with Crippen LogP contribution in [0.3, 0.4) is 0 Å². The number of nitriles is 1. The normalized spacial score (nSPS) is 16.4. The number of ether oxygens (including phenoxy) is 1. The molecule has 0 spiro atoms. The molecule has 6 radical (unpaired) electrons. The lowest BCUT2D eigenvalue weighted by atomic mass is 9.52. The molecule has 2 aromatic carbocycles. The number of aliphatic hydroxyl groups excluding tert-OH is 1. The molecule has 10 nitrogen and oxygen atoms in total. The predicted molar refractivity (Wildman–Crippen MR) is 161 cm³/mol. The second-order valence-electron chi connectivity index (χ2n) is 10.2.